The molecule has 0 spiro atoms. The van der Waals surface area contributed by atoms with E-state index in [4.69, 9.17) is 4.98 Å². The minimum atomic E-state index is 0.641. The maximum Gasteiger partial charge on any atom is 0.225 e. The highest BCUT2D eigenvalue weighted by Crippen LogP contribution is 2.30. The van der Waals surface area contributed by atoms with Crippen LogP contribution in [0.5, 0.6) is 0 Å². The first kappa shape index (κ1) is 16.2. The molecule has 1 aliphatic carbocycles. The molecular weight excluding hydrogens is 260 g/mol. The lowest BCUT2D eigenvalue weighted by molar-refractivity contribution is 0.549. The fourth-order valence-corrected chi connectivity index (χ4v) is 2.46. The summed E-state index contributed by atoms with van der Waals surface area (Å²) in [6, 6.07) is 0.664. The van der Waals surface area contributed by atoms with Crippen molar-refractivity contribution in [2.45, 2.75) is 60.0 Å². The molecule has 4 nitrogen and oxygen atoms in total. The van der Waals surface area contributed by atoms with E-state index in [0.29, 0.717) is 17.9 Å². The molecule has 118 valence electrons. The molecule has 1 fully saturated rings. The van der Waals surface area contributed by atoms with Crippen molar-refractivity contribution in [1.82, 2.24) is 15.3 Å². The molecule has 21 heavy (non-hydrogen) atoms. The van der Waals surface area contributed by atoms with Crippen molar-refractivity contribution in [3.63, 3.8) is 0 Å². The average molecular weight is 290 g/mol. The van der Waals surface area contributed by atoms with Gasteiger partial charge < -0.3 is 10.2 Å². The number of aromatic nitrogens is 2. The van der Waals surface area contributed by atoms with E-state index in [2.05, 4.69) is 49.8 Å². The standard InChI is InChI=1S/C17H30N4/c1-12(2)8-18-9-15-10-19-17(20-14(15)5)21(11-13(3)4)16-6-7-16/h10,12-13,16,18H,6-9,11H2,1-5H3. The van der Waals surface area contributed by atoms with E-state index < -0.39 is 0 Å². The third-order valence-electron chi connectivity index (χ3n) is 3.74. The predicted octanol–water partition coefficient (Wildman–Crippen LogP) is 3.16. The Morgan fingerprint density at radius 1 is 1.24 bits per heavy atom. The number of nitrogens with one attached hydrogen (secondary N) is 1. The van der Waals surface area contributed by atoms with Crippen molar-refractivity contribution >= 4 is 5.95 Å². The fraction of sp³-hybridized carbons (Fsp3) is 0.765. The summed E-state index contributed by atoms with van der Waals surface area (Å²) in [5.41, 5.74) is 2.31. The third kappa shape index (κ3) is 4.95. The molecule has 1 heterocycles. The number of aryl methyl sites for hydroxylation is 1. The molecule has 0 aromatic carbocycles. The molecular formula is C17H30N4. The van der Waals surface area contributed by atoms with Gasteiger partial charge in [0.15, 0.2) is 0 Å². The van der Waals surface area contributed by atoms with Crippen molar-refractivity contribution in [3.05, 3.63) is 17.5 Å². The second-order valence-corrected chi connectivity index (χ2v) is 7.08. The lowest BCUT2D eigenvalue weighted by atomic mass is 10.2. The van der Waals surface area contributed by atoms with Gasteiger partial charge in [0.05, 0.1) is 0 Å². The zero-order chi connectivity index (χ0) is 15.4. The molecule has 0 aliphatic heterocycles. The molecule has 0 atom stereocenters. The first-order valence-electron chi connectivity index (χ1n) is 8.27. The summed E-state index contributed by atoms with van der Waals surface area (Å²) in [4.78, 5) is 11.8. The average Bonchev–Trinajstić information content (AvgIpc) is 3.21. The summed E-state index contributed by atoms with van der Waals surface area (Å²) < 4.78 is 0. The van der Waals surface area contributed by atoms with Crippen LogP contribution in [0.2, 0.25) is 0 Å². The third-order valence-corrected chi connectivity index (χ3v) is 3.74. The summed E-state index contributed by atoms with van der Waals surface area (Å²) in [6.07, 6.45) is 4.57. The first-order chi connectivity index (χ1) is 9.97. The maximum absolute atomic E-state index is 4.76. The maximum atomic E-state index is 4.76. The summed E-state index contributed by atoms with van der Waals surface area (Å²) in [5.74, 6) is 2.22. The summed E-state index contributed by atoms with van der Waals surface area (Å²) in [6.45, 7) is 14.0. The number of rotatable bonds is 8. The number of hydrogen-bond donors (Lipinski definition) is 1. The van der Waals surface area contributed by atoms with Crippen LogP contribution in [0.3, 0.4) is 0 Å². The van der Waals surface area contributed by atoms with Crippen molar-refractivity contribution < 1.29 is 0 Å². The summed E-state index contributed by atoms with van der Waals surface area (Å²) >= 11 is 0. The van der Waals surface area contributed by atoms with Gasteiger partial charge in [-0.25, -0.2) is 9.97 Å². The van der Waals surface area contributed by atoms with Gasteiger partial charge in [0.2, 0.25) is 5.95 Å². The lowest BCUT2D eigenvalue weighted by Crippen LogP contribution is -2.31. The Hall–Kier alpha value is -1.16. The van der Waals surface area contributed by atoms with E-state index in [1.807, 2.05) is 6.20 Å². The van der Waals surface area contributed by atoms with Crippen LogP contribution in [0.15, 0.2) is 6.20 Å². The van der Waals surface area contributed by atoms with Gasteiger partial charge in [-0.15, -0.1) is 0 Å². The smallest absolute Gasteiger partial charge is 0.225 e. The molecule has 1 aromatic rings. The highest BCUT2D eigenvalue weighted by atomic mass is 15.3. The molecule has 1 aliphatic rings. The Labute approximate surface area is 129 Å². The van der Waals surface area contributed by atoms with Crippen molar-refractivity contribution in [2.75, 3.05) is 18.0 Å². The van der Waals surface area contributed by atoms with Gasteiger partial charge in [0.1, 0.15) is 0 Å². The predicted molar refractivity (Wildman–Crippen MR) is 88.5 cm³/mol. The van der Waals surface area contributed by atoms with Crippen LogP contribution in [-0.4, -0.2) is 29.1 Å². The zero-order valence-corrected chi connectivity index (χ0v) is 14.2. The van der Waals surface area contributed by atoms with Crippen LogP contribution < -0.4 is 10.2 Å². The van der Waals surface area contributed by atoms with E-state index in [1.54, 1.807) is 0 Å². The van der Waals surface area contributed by atoms with E-state index in [1.165, 1.54) is 18.4 Å². The minimum absolute atomic E-state index is 0.641. The highest BCUT2D eigenvalue weighted by molar-refractivity contribution is 5.36. The van der Waals surface area contributed by atoms with Gasteiger partial charge >= 0.3 is 0 Å². The van der Waals surface area contributed by atoms with Gasteiger partial charge in [-0.2, -0.15) is 0 Å². The van der Waals surface area contributed by atoms with Crippen molar-refractivity contribution in [1.29, 1.82) is 0 Å². The highest BCUT2D eigenvalue weighted by Gasteiger charge is 2.31. The molecule has 0 bridgehead atoms. The molecule has 2 rings (SSSR count). The minimum Gasteiger partial charge on any atom is -0.338 e. The lowest BCUT2D eigenvalue weighted by Gasteiger charge is -2.25. The van der Waals surface area contributed by atoms with Crippen LogP contribution in [0.25, 0.3) is 0 Å². The Morgan fingerprint density at radius 2 is 1.95 bits per heavy atom. The number of nitrogens with zero attached hydrogens (tertiary/aromatic N) is 3. The molecule has 0 unspecified atom stereocenters. The molecule has 0 amide bonds. The Bertz CT molecular complexity index is 452. The van der Waals surface area contributed by atoms with Crippen LogP contribution in [0, 0.1) is 18.8 Å². The van der Waals surface area contributed by atoms with Gasteiger partial charge in [-0.1, -0.05) is 27.7 Å². The van der Waals surface area contributed by atoms with Gasteiger partial charge in [-0.3, -0.25) is 0 Å². The summed E-state index contributed by atoms with van der Waals surface area (Å²) in [5, 5.41) is 3.46. The SMILES string of the molecule is Cc1nc(N(CC(C)C)C2CC2)ncc1CNCC(C)C. The van der Waals surface area contributed by atoms with E-state index in [0.717, 1.165) is 31.3 Å². The van der Waals surface area contributed by atoms with Crippen molar-refractivity contribution in [3.8, 4) is 0 Å². The topological polar surface area (TPSA) is 41.1 Å². The Morgan fingerprint density at radius 3 is 2.48 bits per heavy atom. The van der Waals surface area contributed by atoms with E-state index in [9.17, 15) is 0 Å². The number of anilines is 1. The van der Waals surface area contributed by atoms with Gasteiger partial charge in [-0.05, 0) is 38.1 Å². The van der Waals surface area contributed by atoms with Crippen LogP contribution >= 0.6 is 0 Å². The molecule has 1 aromatic heterocycles. The van der Waals surface area contributed by atoms with Crippen LogP contribution in [-0.2, 0) is 6.54 Å². The number of hydrogen-bond acceptors (Lipinski definition) is 4. The Kier molecular flexibility index (Phi) is 5.57. The molecule has 4 heteroatoms. The Balaban J connectivity index is 2.02. The van der Waals surface area contributed by atoms with Gasteiger partial charge in [0, 0.05) is 36.6 Å². The molecule has 1 N–H and O–H groups in total. The van der Waals surface area contributed by atoms with Crippen LogP contribution in [0.1, 0.15) is 51.8 Å². The molecule has 1 saturated carbocycles. The monoisotopic (exact) mass is 290 g/mol. The second kappa shape index (κ2) is 7.21. The normalized spacial score (nSPS) is 15.0. The van der Waals surface area contributed by atoms with E-state index >= 15 is 0 Å². The summed E-state index contributed by atoms with van der Waals surface area (Å²) in [7, 11) is 0. The second-order valence-electron chi connectivity index (χ2n) is 7.08. The van der Waals surface area contributed by atoms with Gasteiger partial charge in [0.25, 0.3) is 0 Å². The van der Waals surface area contributed by atoms with E-state index in [-0.39, 0.29) is 0 Å². The first-order valence-corrected chi connectivity index (χ1v) is 8.27. The quantitative estimate of drug-likeness (QED) is 0.798. The van der Waals surface area contributed by atoms with Crippen molar-refractivity contribution in [2.24, 2.45) is 11.8 Å². The molecule has 0 radical (unpaired) electrons. The fourth-order valence-electron chi connectivity index (χ4n) is 2.46. The largest absolute Gasteiger partial charge is 0.338 e. The van der Waals surface area contributed by atoms with Crippen LogP contribution in [0.4, 0.5) is 5.95 Å². The molecule has 0 saturated heterocycles. The zero-order valence-electron chi connectivity index (χ0n) is 14.2.